The van der Waals surface area contributed by atoms with Crippen molar-refractivity contribution in [1.29, 1.82) is 5.41 Å². The van der Waals surface area contributed by atoms with Gasteiger partial charge in [-0.1, -0.05) is 18.7 Å². The predicted octanol–water partition coefficient (Wildman–Crippen LogP) is 2.39. The molecule has 1 saturated heterocycles. The number of nitrogens with one attached hydrogen (secondary N) is 1. The van der Waals surface area contributed by atoms with E-state index in [1.165, 1.54) is 11.1 Å². The molecule has 2 aromatic rings. The van der Waals surface area contributed by atoms with E-state index in [2.05, 4.69) is 65.7 Å². The second-order valence-corrected chi connectivity index (χ2v) is 9.16. The average Bonchev–Trinajstić information content (AvgIpc) is 3.15. The minimum Gasteiger partial charge on any atom is -0.398 e. The maximum absolute atomic E-state index is 8.52. The van der Waals surface area contributed by atoms with Crippen molar-refractivity contribution < 1.29 is 0 Å². The van der Waals surface area contributed by atoms with E-state index >= 15 is 0 Å². The Morgan fingerprint density at radius 2 is 1.78 bits per heavy atom. The van der Waals surface area contributed by atoms with Crippen LogP contribution in [0.5, 0.6) is 0 Å². The zero-order chi connectivity index (χ0) is 23.0. The van der Waals surface area contributed by atoms with Gasteiger partial charge in [0.25, 0.3) is 0 Å². The summed E-state index contributed by atoms with van der Waals surface area (Å²) in [6.45, 7) is 10.5. The average molecular weight is 434 g/mol. The van der Waals surface area contributed by atoms with Crippen molar-refractivity contribution >= 4 is 11.5 Å². The van der Waals surface area contributed by atoms with Crippen LogP contribution in [0.15, 0.2) is 48.9 Å². The molecule has 7 nitrogen and oxygen atoms in total. The molecule has 5 N–H and O–H groups in total. The number of aryl methyl sites for hydroxylation is 1. The summed E-state index contributed by atoms with van der Waals surface area (Å²) < 4.78 is 2.01. The SMILES string of the molecule is C=C(N)c1cc(-c2ccc3c(c2)CN(C(N)=CC(=N)N2CCN(C)CC2)C(C)C3)cn1C. The highest BCUT2D eigenvalue weighted by Crippen LogP contribution is 2.31. The van der Waals surface area contributed by atoms with Gasteiger partial charge in [0.15, 0.2) is 0 Å². The Morgan fingerprint density at radius 3 is 2.44 bits per heavy atom. The highest BCUT2D eigenvalue weighted by molar-refractivity contribution is 5.90. The Labute approximate surface area is 191 Å². The lowest BCUT2D eigenvalue weighted by Gasteiger charge is -2.38. The highest BCUT2D eigenvalue weighted by atomic mass is 15.3. The monoisotopic (exact) mass is 433 g/mol. The number of likely N-dealkylation sites (N-methyl/N-ethyl adjacent to an activating group) is 1. The van der Waals surface area contributed by atoms with E-state index in [0.29, 0.717) is 17.4 Å². The van der Waals surface area contributed by atoms with Gasteiger partial charge in [-0.3, -0.25) is 5.41 Å². The minimum atomic E-state index is 0.286. The summed E-state index contributed by atoms with van der Waals surface area (Å²) in [6, 6.07) is 9.04. The van der Waals surface area contributed by atoms with Gasteiger partial charge in [0, 0.05) is 69.3 Å². The zero-order valence-corrected chi connectivity index (χ0v) is 19.4. The molecule has 1 aromatic heterocycles. The highest BCUT2D eigenvalue weighted by Gasteiger charge is 2.25. The Hall–Kier alpha value is -3.19. The van der Waals surface area contributed by atoms with Gasteiger partial charge in [0.05, 0.1) is 5.69 Å². The lowest BCUT2D eigenvalue weighted by Crippen LogP contribution is -2.47. The first-order valence-corrected chi connectivity index (χ1v) is 11.2. The van der Waals surface area contributed by atoms with E-state index in [4.69, 9.17) is 16.9 Å². The number of hydrogen-bond acceptors (Lipinski definition) is 5. The normalized spacial score (nSPS) is 19.7. The lowest BCUT2D eigenvalue weighted by molar-refractivity contribution is 0.214. The fraction of sp³-hybridized carbons (Fsp3) is 0.400. The van der Waals surface area contributed by atoms with Crippen LogP contribution in [0.2, 0.25) is 0 Å². The third-order valence-corrected chi connectivity index (χ3v) is 6.72. The Balaban J connectivity index is 1.54. The molecule has 4 rings (SSSR count). The Kier molecular flexibility index (Phi) is 6.02. The van der Waals surface area contributed by atoms with Crippen molar-refractivity contribution in [2.75, 3.05) is 33.2 Å². The van der Waals surface area contributed by atoms with Crippen LogP contribution in [0.25, 0.3) is 16.8 Å². The first kappa shape index (κ1) is 22.0. The molecule has 0 radical (unpaired) electrons. The molecule has 2 aliphatic rings. The summed E-state index contributed by atoms with van der Waals surface area (Å²) in [6.07, 6.45) is 4.85. The van der Waals surface area contributed by atoms with Gasteiger partial charge in [-0.15, -0.1) is 0 Å². The molecule has 1 unspecified atom stereocenters. The molecule has 1 aromatic carbocycles. The van der Waals surface area contributed by atoms with Crippen molar-refractivity contribution in [3.05, 3.63) is 65.8 Å². The number of nitrogens with two attached hydrogens (primary N) is 2. The Bertz CT molecular complexity index is 1060. The molecule has 0 bridgehead atoms. The van der Waals surface area contributed by atoms with Gasteiger partial charge in [-0.05, 0) is 49.2 Å². The molecule has 0 spiro atoms. The maximum atomic E-state index is 8.52. The lowest BCUT2D eigenvalue weighted by atomic mass is 9.92. The Morgan fingerprint density at radius 1 is 1.06 bits per heavy atom. The number of hydrogen-bond donors (Lipinski definition) is 3. The summed E-state index contributed by atoms with van der Waals surface area (Å²) in [5.74, 6) is 1.17. The maximum Gasteiger partial charge on any atom is 0.124 e. The summed E-state index contributed by atoms with van der Waals surface area (Å²) in [5.41, 5.74) is 18.9. The van der Waals surface area contributed by atoms with E-state index in [1.54, 1.807) is 0 Å². The molecule has 1 fully saturated rings. The second-order valence-electron chi connectivity index (χ2n) is 9.16. The van der Waals surface area contributed by atoms with Gasteiger partial charge >= 0.3 is 0 Å². The van der Waals surface area contributed by atoms with Crippen LogP contribution in [-0.2, 0) is 20.0 Å². The summed E-state index contributed by atoms with van der Waals surface area (Å²) in [7, 11) is 4.11. The van der Waals surface area contributed by atoms with E-state index < -0.39 is 0 Å². The molecule has 0 saturated carbocycles. The van der Waals surface area contributed by atoms with Crippen molar-refractivity contribution in [3.8, 4) is 11.1 Å². The number of benzene rings is 1. The molecule has 7 heteroatoms. The second kappa shape index (κ2) is 8.74. The summed E-state index contributed by atoms with van der Waals surface area (Å²) in [5, 5.41) is 8.52. The number of amidine groups is 1. The first-order chi connectivity index (χ1) is 15.2. The molecule has 0 aliphatic carbocycles. The van der Waals surface area contributed by atoms with Crippen LogP contribution in [0.1, 0.15) is 23.7 Å². The smallest absolute Gasteiger partial charge is 0.124 e. The van der Waals surface area contributed by atoms with Crippen molar-refractivity contribution in [2.45, 2.75) is 25.9 Å². The molecule has 2 aliphatic heterocycles. The largest absolute Gasteiger partial charge is 0.398 e. The van der Waals surface area contributed by atoms with E-state index in [9.17, 15) is 0 Å². The summed E-state index contributed by atoms with van der Waals surface area (Å²) in [4.78, 5) is 6.61. The summed E-state index contributed by atoms with van der Waals surface area (Å²) >= 11 is 0. The minimum absolute atomic E-state index is 0.286. The third-order valence-electron chi connectivity index (χ3n) is 6.72. The van der Waals surface area contributed by atoms with Crippen LogP contribution in [0.3, 0.4) is 0 Å². The molecule has 170 valence electrons. The molecule has 3 heterocycles. The van der Waals surface area contributed by atoms with Gasteiger partial charge in [-0.25, -0.2) is 0 Å². The van der Waals surface area contributed by atoms with Gasteiger partial charge in [0.2, 0.25) is 0 Å². The standard InChI is InChI=1S/C25H35N7/c1-17-11-19-5-6-20(22-13-23(18(2)26)30(4)15-22)12-21(19)16-32(17)25(28)14-24(27)31-9-7-29(3)8-10-31/h5-6,12-15,17,27H,2,7-11,16,26,28H2,1,3-4H3. The van der Waals surface area contributed by atoms with Crippen molar-refractivity contribution in [2.24, 2.45) is 18.5 Å². The quantitative estimate of drug-likeness (QED) is 0.509. The van der Waals surface area contributed by atoms with Crippen LogP contribution >= 0.6 is 0 Å². The zero-order valence-electron chi connectivity index (χ0n) is 19.4. The van der Waals surface area contributed by atoms with Crippen molar-refractivity contribution in [1.82, 2.24) is 19.3 Å². The number of aromatic nitrogens is 1. The van der Waals surface area contributed by atoms with Gasteiger partial charge < -0.3 is 30.7 Å². The number of piperazine rings is 1. The van der Waals surface area contributed by atoms with E-state index in [0.717, 1.165) is 56.0 Å². The topological polar surface area (TPSA) is 90.5 Å². The van der Waals surface area contributed by atoms with E-state index in [-0.39, 0.29) is 6.04 Å². The van der Waals surface area contributed by atoms with Gasteiger partial charge in [-0.2, -0.15) is 0 Å². The predicted molar refractivity (Wildman–Crippen MR) is 132 cm³/mol. The third kappa shape index (κ3) is 4.39. The number of rotatable bonds is 4. The van der Waals surface area contributed by atoms with Crippen LogP contribution in [0.4, 0.5) is 0 Å². The number of fused-ring (bicyclic) bond motifs is 1. The van der Waals surface area contributed by atoms with Crippen LogP contribution in [0, 0.1) is 5.41 Å². The number of nitrogens with zero attached hydrogens (tertiary/aromatic N) is 4. The molecular formula is C25H35N7. The molecule has 0 amide bonds. The fourth-order valence-electron chi connectivity index (χ4n) is 4.67. The van der Waals surface area contributed by atoms with Crippen LogP contribution < -0.4 is 11.5 Å². The van der Waals surface area contributed by atoms with Crippen LogP contribution in [-0.4, -0.2) is 64.4 Å². The van der Waals surface area contributed by atoms with Crippen molar-refractivity contribution in [3.63, 3.8) is 0 Å². The first-order valence-electron chi connectivity index (χ1n) is 11.2. The van der Waals surface area contributed by atoms with E-state index in [1.807, 2.05) is 17.7 Å². The molecule has 1 atom stereocenters. The molecule has 32 heavy (non-hydrogen) atoms. The fourth-order valence-corrected chi connectivity index (χ4v) is 4.67. The molecular weight excluding hydrogens is 398 g/mol. The van der Waals surface area contributed by atoms with Gasteiger partial charge in [0.1, 0.15) is 11.7 Å².